The Bertz CT molecular complexity index is 1350. The van der Waals surface area contributed by atoms with Crippen molar-refractivity contribution < 1.29 is 23.5 Å². The highest BCUT2D eigenvalue weighted by Gasteiger charge is 2.21. The Morgan fingerprint density at radius 1 is 0.974 bits per heavy atom. The summed E-state index contributed by atoms with van der Waals surface area (Å²) in [6.45, 7) is 5.29. The van der Waals surface area contributed by atoms with E-state index in [2.05, 4.69) is 20.6 Å². The molecule has 5 rings (SSSR count). The number of ether oxygens (including phenoxy) is 2. The average Bonchev–Trinajstić information content (AvgIpc) is 2.91. The van der Waals surface area contributed by atoms with Crippen molar-refractivity contribution in [3.8, 4) is 11.4 Å². The number of nitrogens with zero attached hydrogens (tertiary/aromatic N) is 4. The molecule has 3 amide bonds. The molecule has 0 radical (unpaired) electrons. The zero-order valence-corrected chi connectivity index (χ0v) is 21.4. The van der Waals surface area contributed by atoms with E-state index in [1.165, 1.54) is 12.1 Å². The van der Waals surface area contributed by atoms with Gasteiger partial charge in [-0.25, -0.2) is 19.2 Å². The molecule has 10 nitrogen and oxygen atoms in total. The van der Waals surface area contributed by atoms with E-state index in [-0.39, 0.29) is 34.7 Å². The molecule has 0 aliphatic carbocycles. The molecule has 0 unspecified atom stereocenters. The zero-order valence-electron chi connectivity index (χ0n) is 20.7. The molecule has 38 heavy (non-hydrogen) atoms. The summed E-state index contributed by atoms with van der Waals surface area (Å²) >= 11 is 6.36. The van der Waals surface area contributed by atoms with E-state index >= 15 is 4.39 Å². The van der Waals surface area contributed by atoms with Crippen molar-refractivity contribution in [2.45, 2.75) is 6.92 Å². The number of carbonyl (C=O) groups is 2. The van der Waals surface area contributed by atoms with E-state index in [0.29, 0.717) is 51.0 Å². The van der Waals surface area contributed by atoms with Gasteiger partial charge in [-0.3, -0.25) is 4.79 Å². The maximum absolute atomic E-state index is 15.1. The van der Waals surface area contributed by atoms with E-state index in [1.54, 1.807) is 35.2 Å². The molecule has 198 valence electrons. The second kappa shape index (κ2) is 11.3. The number of anilines is 4. The van der Waals surface area contributed by atoms with Gasteiger partial charge in [-0.1, -0.05) is 11.6 Å². The van der Waals surface area contributed by atoms with E-state index in [9.17, 15) is 9.59 Å². The Kier molecular flexibility index (Phi) is 7.68. The molecule has 2 N–H and O–H groups in total. The number of rotatable bonds is 5. The largest absolute Gasteiger partial charge is 0.378 e. The minimum absolute atomic E-state index is 0.0515. The molecule has 3 aromatic rings. The normalized spacial score (nSPS) is 15.9. The first kappa shape index (κ1) is 25.8. The van der Waals surface area contributed by atoms with Crippen molar-refractivity contribution in [3.05, 3.63) is 59.0 Å². The number of urea groups is 1. The maximum Gasteiger partial charge on any atom is 0.323 e. The third-order valence-corrected chi connectivity index (χ3v) is 6.63. The molecule has 0 spiro atoms. The van der Waals surface area contributed by atoms with Gasteiger partial charge in [-0.05, 0) is 49.4 Å². The zero-order chi connectivity index (χ0) is 26.6. The maximum atomic E-state index is 15.1. The fraction of sp³-hybridized carbons (Fsp3) is 0.308. The molecule has 3 heterocycles. The highest BCUT2D eigenvalue weighted by Crippen LogP contribution is 2.30. The summed E-state index contributed by atoms with van der Waals surface area (Å²) in [4.78, 5) is 37.0. The Morgan fingerprint density at radius 2 is 1.66 bits per heavy atom. The molecule has 1 aromatic heterocycles. The first-order valence-electron chi connectivity index (χ1n) is 12.1. The van der Waals surface area contributed by atoms with Crippen LogP contribution in [-0.2, 0) is 14.3 Å². The van der Waals surface area contributed by atoms with Gasteiger partial charge in [0.05, 0.1) is 25.4 Å². The van der Waals surface area contributed by atoms with Crippen LogP contribution in [0.25, 0.3) is 11.4 Å². The van der Waals surface area contributed by atoms with Crippen LogP contribution in [0.2, 0.25) is 5.15 Å². The van der Waals surface area contributed by atoms with E-state index in [4.69, 9.17) is 21.1 Å². The summed E-state index contributed by atoms with van der Waals surface area (Å²) in [5.41, 5.74) is 2.38. The molecular weight excluding hydrogens is 515 g/mol. The van der Waals surface area contributed by atoms with Crippen molar-refractivity contribution in [1.29, 1.82) is 0 Å². The Hall–Kier alpha value is -3.80. The molecule has 2 aromatic carbocycles. The summed E-state index contributed by atoms with van der Waals surface area (Å²) in [7, 11) is 0. The Balaban J connectivity index is 1.26. The lowest BCUT2D eigenvalue weighted by atomic mass is 10.1. The summed E-state index contributed by atoms with van der Waals surface area (Å²) in [5, 5.41) is 5.57. The first-order chi connectivity index (χ1) is 18.4. The highest BCUT2D eigenvalue weighted by atomic mass is 35.5. The van der Waals surface area contributed by atoms with E-state index in [1.807, 2.05) is 11.8 Å². The predicted molar refractivity (Wildman–Crippen MR) is 142 cm³/mol. The van der Waals surface area contributed by atoms with Crippen LogP contribution >= 0.6 is 11.6 Å². The number of nitrogens with one attached hydrogen (secondary N) is 2. The van der Waals surface area contributed by atoms with Crippen LogP contribution in [0.5, 0.6) is 0 Å². The molecule has 12 heteroatoms. The number of carbonyl (C=O) groups excluding carboxylic acids is 2. The van der Waals surface area contributed by atoms with Gasteiger partial charge in [0.2, 0.25) is 0 Å². The number of amides is 3. The van der Waals surface area contributed by atoms with Crippen LogP contribution in [0.3, 0.4) is 0 Å². The van der Waals surface area contributed by atoms with E-state index < -0.39 is 11.8 Å². The minimum Gasteiger partial charge on any atom is -0.378 e. The van der Waals surface area contributed by atoms with Crippen LogP contribution < -0.4 is 20.4 Å². The van der Waals surface area contributed by atoms with Crippen LogP contribution in [0.15, 0.2) is 42.5 Å². The van der Waals surface area contributed by atoms with E-state index in [0.717, 1.165) is 11.3 Å². The number of hydrogen-bond donors (Lipinski definition) is 2. The van der Waals surface area contributed by atoms with Gasteiger partial charge < -0.3 is 29.9 Å². The fourth-order valence-electron chi connectivity index (χ4n) is 4.27. The van der Waals surface area contributed by atoms with Crippen molar-refractivity contribution in [2.24, 2.45) is 0 Å². The molecule has 0 bridgehead atoms. The topological polar surface area (TPSA) is 109 Å². The Labute approximate surface area is 223 Å². The average molecular weight is 541 g/mol. The van der Waals surface area contributed by atoms with Gasteiger partial charge in [0, 0.05) is 42.3 Å². The SMILES string of the molecule is Cc1c(Cl)nc(-c2ccc(NC(=O)Nc3ccc(N4CCOCC4=O)cc3)cc2F)nc1N1CCOCC1. The lowest BCUT2D eigenvalue weighted by Crippen LogP contribution is -2.41. The van der Waals surface area contributed by atoms with Gasteiger partial charge in [-0.15, -0.1) is 0 Å². The number of morpholine rings is 2. The summed E-state index contributed by atoms with van der Waals surface area (Å²) in [5.74, 6) is 0.0914. The minimum atomic E-state index is -0.602. The number of benzene rings is 2. The smallest absolute Gasteiger partial charge is 0.323 e. The molecular formula is C26H26ClFN6O4. The first-order valence-corrected chi connectivity index (χ1v) is 12.5. The second-order valence-corrected chi connectivity index (χ2v) is 9.16. The molecule has 0 saturated carbocycles. The number of halogens is 2. The van der Waals surface area contributed by atoms with Gasteiger partial charge >= 0.3 is 6.03 Å². The van der Waals surface area contributed by atoms with Gasteiger partial charge in [0.25, 0.3) is 5.91 Å². The van der Waals surface area contributed by atoms with Crippen molar-refractivity contribution in [3.63, 3.8) is 0 Å². The van der Waals surface area contributed by atoms with Crippen molar-refractivity contribution in [2.75, 3.05) is 66.5 Å². The third-order valence-electron chi connectivity index (χ3n) is 6.26. The fourth-order valence-corrected chi connectivity index (χ4v) is 4.43. The lowest BCUT2D eigenvalue weighted by molar-refractivity contribution is -0.125. The van der Waals surface area contributed by atoms with Gasteiger partial charge in [0.1, 0.15) is 23.4 Å². The van der Waals surface area contributed by atoms with Gasteiger partial charge in [0.15, 0.2) is 5.82 Å². The molecule has 0 atom stereocenters. The lowest BCUT2D eigenvalue weighted by Gasteiger charge is -2.29. The summed E-state index contributed by atoms with van der Waals surface area (Å²) in [6, 6.07) is 10.6. The van der Waals surface area contributed by atoms with Crippen LogP contribution in [0, 0.1) is 12.7 Å². The molecule has 2 aliphatic rings. The quantitative estimate of drug-likeness (QED) is 0.469. The van der Waals surface area contributed by atoms with Crippen molar-refractivity contribution in [1.82, 2.24) is 9.97 Å². The molecule has 2 saturated heterocycles. The Morgan fingerprint density at radius 3 is 2.37 bits per heavy atom. The second-order valence-electron chi connectivity index (χ2n) is 8.80. The molecule has 2 aliphatic heterocycles. The standard InChI is InChI=1S/C26H26ClFN6O4/c1-16-23(27)31-24(32-25(16)33-8-11-37-12-9-33)20-7-4-18(14-21(20)28)30-26(36)29-17-2-5-19(6-3-17)34-10-13-38-15-22(34)35/h2-7,14H,8-13,15H2,1H3,(H2,29,30,36). The van der Waals surface area contributed by atoms with Crippen molar-refractivity contribution >= 4 is 46.4 Å². The van der Waals surface area contributed by atoms with Gasteiger partial charge in [-0.2, -0.15) is 0 Å². The van der Waals surface area contributed by atoms with Crippen LogP contribution in [-0.4, -0.2) is 68.0 Å². The van der Waals surface area contributed by atoms with Crippen LogP contribution in [0.1, 0.15) is 5.56 Å². The monoisotopic (exact) mass is 540 g/mol. The highest BCUT2D eigenvalue weighted by molar-refractivity contribution is 6.30. The third kappa shape index (κ3) is 5.69. The number of aromatic nitrogens is 2. The summed E-state index contributed by atoms with van der Waals surface area (Å²) in [6.07, 6.45) is 0. The number of hydrogen-bond acceptors (Lipinski definition) is 7. The summed E-state index contributed by atoms with van der Waals surface area (Å²) < 4.78 is 25.7. The predicted octanol–water partition coefficient (Wildman–Crippen LogP) is 4.09. The molecule has 2 fully saturated rings. The van der Waals surface area contributed by atoms with Crippen LogP contribution in [0.4, 0.5) is 32.1 Å².